The third kappa shape index (κ3) is 25.4. The zero-order valence-electron chi connectivity index (χ0n) is 24.9. The van der Waals surface area contributed by atoms with Crippen LogP contribution in [0.2, 0.25) is 0 Å². The number of ether oxygens (including phenoxy) is 1. The second-order valence-electron chi connectivity index (χ2n) is 10.9. The van der Waals surface area contributed by atoms with Gasteiger partial charge in [0.15, 0.2) is 0 Å². The normalized spacial score (nSPS) is 13.3. The number of phosphoric acid groups is 1. The lowest BCUT2D eigenvalue weighted by molar-refractivity contribution is 0.0992. The summed E-state index contributed by atoms with van der Waals surface area (Å²) in [6.07, 6.45) is 23.4. The third-order valence-corrected chi connectivity index (χ3v) is 8.63. The van der Waals surface area contributed by atoms with Crippen LogP contribution in [0.4, 0.5) is 0 Å². The highest BCUT2D eigenvalue weighted by Gasteiger charge is 2.20. The zero-order valence-corrected chi connectivity index (χ0v) is 28.0. The lowest BCUT2D eigenvalue weighted by Crippen LogP contribution is -2.17. The van der Waals surface area contributed by atoms with Crippen LogP contribution in [0, 0.1) is 3.57 Å². The van der Waals surface area contributed by atoms with Crippen LogP contribution in [-0.2, 0) is 24.8 Å². The Morgan fingerprint density at radius 2 is 1.08 bits per heavy atom. The van der Waals surface area contributed by atoms with Crippen LogP contribution in [0.15, 0.2) is 24.3 Å². The fraction of sp³-hybridized carbons (Fsp3) is 0.806. The van der Waals surface area contributed by atoms with Crippen molar-refractivity contribution in [1.29, 1.82) is 0 Å². The number of rotatable bonds is 28. The molecular formula is C31H57INO5P. The van der Waals surface area contributed by atoms with E-state index in [1.807, 2.05) is 19.0 Å². The predicted molar refractivity (Wildman–Crippen MR) is 172 cm³/mol. The van der Waals surface area contributed by atoms with Crippen molar-refractivity contribution in [3.05, 3.63) is 33.4 Å². The quantitative estimate of drug-likeness (QED) is 0.0541. The maximum atomic E-state index is 11.7. The van der Waals surface area contributed by atoms with Gasteiger partial charge in [0.05, 0.1) is 13.2 Å². The monoisotopic (exact) mass is 681 g/mol. The topological polar surface area (TPSA) is 68.2 Å². The van der Waals surface area contributed by atoms with Gasteiger partial charge in [-0.1, -0.05) is 102 Å². The van der Waals surface area contributed by atoms with E-state index in [-0.39, 0.29) is 13.2 Å². The predicted octanol–water partition coefficient (Wildman–Crippen LogP) is 9.18. The van der Waals surface area contributed by atoms with Gasteiger partial charge in [0.2, 0.25) is 0 Å². The minimum Gasteiger partial charge on any atom is -0.381 e. The molecule has 0 aliphatic carbocycles. The molecule has 6 nitrogen and oxygen atoms in total. The Balaban J connectivity index is 1.71. The molecule has 1 aromatic carbocycles. The molecule has 1 atom stereocenters. The van der Waals surface area contributed by atoms with E-state index in [2.05, 4.69) is 46.9 Å². The molecule has 39 heavy (non-hydrogen) atoms. The van der Waals surface area contributed by atoms with Gasteiger partial charge in [-0.2, -0.15) is 0 Å². The lowest BCUT2D eigenvalue weighted by atomic mass is 10.0. The number of nitrogens with zero attached hydrogens (tertiary/aromatic N) is 1. The van der Waals surface area contributed by atoms with Crippen molar-refractivity contribution in [2.24, 2.45) is 0 Å². The number of likely N-dealkylation sites (N-methyl/N-ethyl adjacent to an activating group) is 1. The van der Waals surface area contributed by atoms with E-state index in [4.69, 9.17) is 13.8 Å². The number of phosphoric ester groups is 1. The van der Waals surface area contributed by atoms with Gasteiger partial charge in [-0.3, -0.25) is 9.05 Å². The summed E-state index contributed by atoms with van der Waals surface area (Å²) in [6, 6.07) is 8.97. The average molecular weight is 682 g/mol. The summed E-state index contributed by atoms with van der Waals surface area (Å²) in [7, 11) is -0.177. The van der Waals surface area contributed by atoms with Crippen molar-refractivity contribution >= 4 is 30.4 Å². The minimum absolute atomic E-state index is 0.172. The first kappa shape index (κ1) is 37.0. The van der Waals surface area contributed by atoms with Crippen LogP contribution >= 0.6 is 30.4 Å². The van der Waals surface area contributed by atoms with Crippen molar-refractivity contribution in [2.75, 3.05) is 47.1 Å². The molecule has 8 heteroatoms. The first-order valence-corrected chi connectivity index (χ1v) is 18.1. The molecule has 0 saturated carbocycles. The minimum atomic E-state index is -3.94. The van der Waals surface area contributed by atoms with Crippen molar-refractivity contribution < 1.29 is 23.2 Å². The first-order valence-electron chi connectivity index (χ1n) is 15.5. The van der Waals surface area contributed by atoms with Crippen molar-refractivity contribution in [2.45, 2.75) is 116 Å². The van der Waals surface area contributed by atoms with Gasteiger partial charge in [0.25, 0.3) is 0 Å². The van der Waals surface area contributed by atoms with E-state index in [9.17, 15) is 9.46 Å². The molecule has 1 aromatic rings. The van der Waals surface area contributed by atoms with E-state index < -0.39 is 7.82 Å². The fourth-order valence-corrected chi connectivity index (χ4v) is 5.58. The van der Waals surface area contributed by atoms with Gasteiger partial charge >= 0.3 is 7.82 Å². The van der Waals surface area contributed by atoms with Gasteiger partial charge in [-0.05, 0) is 80.1 Å². The first-order chi connectivity index (χ1) is 18.9. The maximum absolute atomic E-state index is 11.7. The molecule has 0 bridgehead atoms. The van der Waals surface area contributed by atoms with Crippen molar-refractivity contribution in [3.63, 3.8) is 0 Å². The smallest absolute Gasteiger partial charge is 0.381 e. The Morgan fingerprint density at radius 3 is 1.59 bits per heavy atom. The molecular weight excluding hydrogens is 624 g/mol. The standard InChI is InChI=1S/C31H57INO5P/c1-33(2)25-29-38-39(34,35)37-28-19-27-36-26-18-16-14-12-10-8-6-4-3-5-7-9-11-13-15-17-20-30-21-23-31(32)24-22-30/h21-24H,3-20,25-29H2,1-2H3,(H,34,35). The Morgan fingerprint density at radius 1 is 0.641 bits per heavy atom. The Bertz CT molecular complexity index is 719. The highest BCUT2D eigenvalue weighted by atomic mass is 127. The molecule has 0 fully saturated rings. The van der Waals surface area contributed by atoms with Gasteiger partial charge in [0.1, 0.15) is 0 Å². The van der Waals surface area contributed by atoms with Gasteiger partial charge in [-0.15, -0.1) is 0 Å². The summed E-state index contributed by atoms with van der Waals surface area (Å²) in [5, 5.41) is 0. The molecule has 1 unspecified atom stereocenters. The number of halogens is 1. The van der Waals surface area contributed by atoms with Crippen LogP contribution in [0.3, 0.4) is 0 Å². The average Bonchev–Trinajstić information content (AvgIpc) is 2.89. The van der Waals surface area contributed by atoms with Crippen LogP contribution < -0.4 is 0 Å². The van der Waals surface area contributed by atoms with Crippen molar-refractivity contribution in [1.82, 2.24) is 4.90 Å². The molecule has 0 heterocycles. The van der Waals surface area contributed by atoms with Crippen molar-refractivity contribution in [3.8, 4) is 0 Å². The maximum Gasteiger partial charge on any atom is 0.472 e. The number of hydrogen-bond acceptors (Lipinski definition) is 5. The molecule has 0 aromatic heterocycles. The Kier molecular flexibility index (Phi) is 24.4. The summed E-state index contributed by atoms with van der Waals surface area (Å²) < 4.78 is 28.5. The molecule has 0 aliphatic rings. The molecule has 1 N–H and O–H groups in total. The molecule has 0 aliphatic heterocycles. The number of benzene rings is 1. The molecule has 1 rings (SSSR count). The number of aryl methyl sites for hydroxylation is 1. The van der Waals surface area contributed by atoms with Crippen LogP contribution in [0.25, 0.3) is 0 Å². The molecule has 0 radical (unpaired) electrons. The Hall–Kier alpha value is -0.0200. The van der Waals surface area contributed by atoms with Gasteiger partial charge in [-0.25, -0.2) is 4.57 Å². The van der Waals surface area contributed by atoms with E-state index in [1.165, 1.54) is 112 Å². The molecule has 0 amide bonds. The second-order valence-corrected chi connectivity index (χ2v) is 13.6. The summed E-state index contributed by atoms with van der Waals surface area (Å²) >= 11 is 2.37. The highest BCUT2D eigenvalue weighted by molar-refractivity contribution is 14.1. The van der Waals surface area contributed by atoms with Crippen LogP contribution in [0.5, 0.6) is 0 Å². The highest BCUT2D eigenvalue weighted by Crippen LogP contribution is 2.42. The van der Waals surface area contributed by atoms with Gasteiger partial charge < -0.3 is 14.5 Å². The second kappa shape index (κ2) is 25.7. The van der Waals surface area contributed by atoms with Gasteiger partial charge in [0, 0.05) is 23.3 Å². The summed E-state index contributed by atoms with van der Waals surface area (Å²) in [6.45, 7) is 2.22. The summed E-state index contributed by atoms with van der Waals surface area (Å²) in [5.74, 6) is 0. The molecule has 0 saturated heterocycles. The largest absolute Gasteiger partial charge is 0.472 e. The number of hydrogen-bond donors (Lipinski definition) is 1. The van der Waals surface area contributed by atoms with E-state index >= 15 is 0 Å². The molecule has 0 spiro atoms. The molecule has 228 valence electrons. The third-order valence-electron chi connectivity index (χ3n) is 6.90. The Labute approximate surface area is 253 Å². The fourth-order valence-electron chi connectivity index (χ4n) is 4.48. The summed E-state index contributed by atoms with van der Waals surface area (Å²) in [5.41, 5.74) is 1.48. The van der Waals surface area contributed by atoms with E-state index in [1.54, 1.807) is 0 Å². The van der Waals surface area contributed by atoms with E-state index in [0.29, 0.717) is 19.6 Å². The van der Waals surface area contributed by atoms with E-state index in [0.717, 1.165) is 13.0 Å². The summed E-state index contributed by atoms with van der Waals surface area (Å²) in [4.78, 5) is 11.5. The SMILES string of the molecule is CN(C)CCOP(=O)(O)OCCCOCCCCCCCCCCCCCCCCCCc1ccc(I)cc1. The zero-order chi connectivity index (χ0) is 28.4. The van der Waals surface area contributed by atoms with Crippen LogP contribution in [-0.4, -0.2) is 56.9 Å². The van der Waals surface area contributed by atoms with Crippen LogP contribution in [0.1, 0.15) is 115 Å². The lowest BCUT2D eigenvalue weighted by Gasteiger charge is -2.14. The number of unbranched alkanes of at least 4 members (excludes halogenated alkanes) is 15.